The average Bonchev–Trinajstić information content (AvgIpc) is 1.64. The van der Waals surface area contributed by atoms with Crippen molar-refractivity contribution in [1.82, 2.24) is 4.90 Å². The van der Waals surface area contributed by atoms with Gasteiger partial charge in [-0.3, -0.25) is 0 Å². The van der Waals surface area contributed by atoms with Gasteiger partial charge >= 0.3 is 0 Å². The van der Waals surface area contributed by atoms with Gasteiger partial charge in [-0.25, -0.2) is 0 Å². The monoisotopic (exact) mass is 216 g/mol. The number of rotatable bonds is 3. The molecule has 0 saturated heterocycles. The largest absolute Gasteiger partial charge is 0.357 e. The maximum absolute atomic E-state index is 3.92. The first-order valence-electron chi connectivity index (χ1n) is 3.47. The molecular formula is C8H17NY-2. The summed E-state index contributed by atoms with van der Waals surface area (Å²) in [5.74, 6) is 0. The molecule has 1 radical (unpaired) electrons. The zero-order chi connectivity index (χ0) is 7.44. The first kappa shape index (κ1) is 13.6. The van der Waals surface area contributed by atoms with E-state index in [1.165, 1.54) is 0 Å². The third kappa shape index (κ3) is 4.81. The normalized spacial score (nSPS) is 13.5. The van der Waals surface area contributed by atoms with Crippen LogP contribution in [0.2, 0.25) is 0 Å². The molecule has 0 saturated carbocycles. The summed E-state index contributed by atoms with van der Waals surface area (Å²) >= 11 is 0. The van der Waals surface area contributed by atoms with Gasteiger partial charge in [0, 0.05) is 32.7 Å². The van der Waals surface area contributed by atoms with Gasteiger partial charge in [0.05, 0.1) is 0 Å². The first-order chi connectivity index (χ1) is 4.09. The molecule has 59 valence electrons. The van der Waals surface area contributed by atoms with E-state index in [0.29, 0.717) is 12.1 Å². The Hall–Kier alpha value is 1.06. The van der Waals surface area contributed by atoms with Crippen LogP contribution in [0, 0.1) is 13.8 Å². The van der Waals surface area contributed by atoms with E-state index in [2.05, 4.69) is 39.5 Å². The van der Waals surface area contributed by atoms with Crippen molar-refractivity contribution in [1.29, 1.82) is 0 Å². The topological polar surface area (TPSA) is 3.24 Å². The van der Waals surface area contributed by atoms with Crippen molar-refractivity contribution >= 4 is 0 Å². The second-order valence-corrected chi connectivity index (χ2v) is 2.68. The zero-order valence-corrected chi connectivity index (χ0v) is 10.1. The first-order valence-corrected chi connectivity index (χ1v) is 3.47. The Kier molecular flexibility index (Phi) is 9.21. The summed E-state index contributed by atoms with van der Waals surface area (Å²) in [7, 11) is 0. The van der Waals surface area contributed by atoms with Gasteiger partial charge < -0.3 is 18.7 Å². The Morgan fingerprint density at radius 1 is 1.30 bits per heavy atom. The van der Waals surface area contributed by atoms with E-state index in [1.54, 1.807) is 0 Å². The summed E-state index contributed by atoms with van der Waals surface area (Å²) < 4.78 is 0. The molecule has 0 bridgehead atoms. The summed E-state index contributed by atoms with van der Waals surface area (Å²) in [6.07, 6.45) is 0. The van der Waals surface area contributed by atoms with Crippen molar-refractivity contribution in [2.24, 2.45) is 0 Å². The number of nitrogens with zero attached hydrogens (tertiary/aromatic N) is 1. The van der Waals surface area contributed by atoms with Crippen molar-refractivity contribution in [3.8, 4) is 0 Å². The molecule has 0 aromatic rings. The molecule has 0 aliphatic heterocycles. The third-order valence-corrected chi connectivity index (χ3v) is 1.49. The summed E-state index contributed by atoms with van der Waals surface area (Å²) in [6, 6.07) is 0.942. The molecule has 0 N–H and O–H groups in total. The SMILES string of the molecule is [CH2-]CN(C([CH2-])C)C(C)C.[Y]. The number of hydrogen-bond donors (Lipinski definition) is 0. The molecule has 0 aromatic heterocycles. The van der Waals surface area contributed by atoms with Crippen LogP contribution < -0.4 is 0 Å². The molecule has 0 amide bonds. The Labute approximate surface area is 90.4 Å². The minimum absolute atomic E-state index is 0. The predicted octanol–water partition coefficient (Wildman–Crippen LogP) is 1.75. The van der Waals surface area contributed by atoms with Crippen LogP contribution >= 0.6 is 0 Å². The molecule has 0 spiro atoms. The predicted molar refractivity (Wildman–Crippen MR) is 42.0 cm³/mol. The second kappa shape index (κ2) is 6.75. The third-order valence-electron chi connectivity index (χ3n) is 1.49. The molecule has 0 aromatic carbocycles. The Morgan fingerprint density at radius 2 is 1.70 bits per heavy atom. The van der Waals surface area contributed by atoms with Crippen molar-refractivity contribution in [3.63, 3.8) is 0 Å². The summed E-state index contributed by atoms with van der Waals surface area (Å²) in [6.45, 7) is 15.0. The van der Waals surface area contributed by atoms with Crippen LogP contribution in [0.15, 0.2) is 0 Å². The molecule has 1 atom stereocenters. The van der Waals surface area contributed by atoms with Gasteiger partial charge in [0.1, 0.15) is 0 Å². The number of hydrogen-bond acceptors (Lipinski definition) is 1. The van der Waals surface area contributed by atoms with E-state index in [9.17, 15) is 0 Å². The molecule has 0 heterocycles. The van der Waals surface area contributed by atoms with Crippen LogP contribution in [0.4, 0.5) is 0 Å². The smallest absolute Gasteiger partial charge is 0 e. The molecule has 0 fully saturated rings. The Morgan fingerprint density at radius 3 is 1.70 bits per heavy atom. The molecule has 2 heteroatoms. The van der Waals surface area contributed by atoms with E-state index in [0.717, 1.165) is 6.54 Å². The van der Waals surface area contributed by atoms with Crippen molar-refractivity contribution in [2.75, 3.05) is 6.54 Å². The summed E-state index contributed by atoms with van der Waals surface area (Å²) in [5, 5.41) is 0. The minimum atomic E-state index is 0. The van der Waals surface area contributed by atoms with E-state index >= 15 is 0 Å². The molecule has 0 aliphatic carbocycles. The molecule has 1 nitrogen and oxygen atoms in total. The van der Waals surface area contributed by atoms with E-state index in [4.69, 9.17) is 0 Å². The van der Waals surface area contributed by atoms with Gasteiger partial charge in [0.25, 0.3) is 0 Å². The average molecular weight is 216 g/mol. The molecule has 0 aliphatic rings. The van der Waals surface area contributed by atoms with Gasteiger partial charge in [0.2, 0.25) is 0 Å². The standard InChI is InChI=1S/C8H17N.Y/c1-6-9(7(2)3)8(4)5;/h7-8H,1-2,6H2,3-5H3;/q-2;. The molecular weight excluding hydrogens is 199 g/mol. The zero-order valence-electron chi connectivity index (χ0n) is 7.30. The van der Waals surface area contributed by atoms with Crippen LogP contribution in [-0.4, -0.2) is 23.5 Å². The van der Waals surface area contributed by atoms with Gasteiger partial charge in [-0.2, -0.15) is 0 Å². The van der Waals surface area contributed by atoms with Crippen LogP contribution in [0.5, 0.6) is 0 Å². The van der Waals surface area contributed by atoms with Crippen molar-refractivity contribution < 1.29 is 32.7 Å². The molecule has 0 rings (SSSR count). The fraction of sp³-hybridized carbons (Fsp3) is 0.750. The Bertz CT molecular complexity index is 63.7. The molecule has 1 unspecified atom stereocenters. The van der Waals surface area contributed by atoms with Crippen molar-refractivity contribution in [3.05, 3.63) is 13.8 Å². The fourth-order valence-electron chi connectivity index (χ4n) is 0.988. The quantitative estimate of drug-likeness (QED) is 0.649. The van der Waals surface area contributed by atoms with Crippen LogP contribution in [0.1, 0.15) is 20.8 Å². The molecule has 10 heavy (non-hydrogen) atoms. The van der Waals surface area contributed by atoms with Gasteiger partial charge in [-0.05, 0) is 6.04 Å². The van der Waals surface area contributed by atoms with E-state index in [-0.39, 0.29) is 32.7 Å². The summed E-state index contributed by atoms with van der Waals surface area (Å²) in [4.78, 5) is 2.24. The van der Waals surface area contributed by atoms with Gasteiger partial charge in [0.15, 0.2) is 0 Å². The summed E-state index contributed by atoms with van der Waals surface area (Å²) in [5.41, 5.74) is 0. The second-order valence-electron chi connectivity index (χ2n) is 2.68. The fourth-order valence-corrected chi connectivity index (χ4v) is 0.988. The van der Waals surface area contributed by atoms with Gasteiger partial charge in [-0.1, -0.05) is 20.8 Å². The maximum atomic E-state index is 3.92. The van der Waals surface area contributed by atoms with E-state index < -0.39 is 0 Å². The van der Waals surface area contributed by atoms with Crippen LogP contribution in [0.25, 0.3) is 0 Å². The van der Waals surface area contributed by atoms with Crippen LogP contribution in [-0.2, 0) is 32.7 Å². The van der Waals surface area contributed by atoms with Crippen LogP contribution in [0.3, 0.4) is 0 Å². The maximum Gasteiger partial charge on any atom is 0 e. The minimum Gasteiger partial charge on any atom is -0.357 e. The van der Waals surface area contributed by atoms with E-state index in [1.807, 2.05) is 0 Å². The van der Waals surface area contributed by atoms with Crippen molar-refractivity contribution in [2.45, 2.75) is 32.9 Å². The Balaban J connectivity index is 0. The van der Waals surface area contributed by atoms with Gasteiger partial charge in [-0.15, -0.1) is 12.6 Å².